The van der Waals surface area contributed by atoms with Gasteiger partial charge in [-0.3, -0.25) is 9.79 Å². The molecule has 0 bridgehead atoms. The first-order valence-electron chi connectivity index (χ1n) is 8.23. The minimum atomic E-state index is -3.69. The number of ether oxygens (including phenoxy) is 1. The molecule has 1 aliphatic heterocycles. The maximum Gasteiger partial charge on any atom is 0.328 e. The van der Waals surface area contributed by atoms with Crippen molar-refractivity contribution < 1.29 is 22.9 Å². The summed E-state index contributed by atoms with van der Waals surface area (Å²) < 4.78 is 32.8. The minimum Gasteiger partial charge on any atom is -0.484 e. The molecule has 0 aromatic heterocycles. The highest BCUT2D eigenvalue weighted by Crippen LogP contribution is 2.16. The summed E-state index contributed by atoms with van der Waals surface area (Å²) in [6.07, 6.45) is 1.57. The van der Waals surface area contributed by atoms with Gasteiger partial charge in [0.25, 0.3) is 11.7 Å². The summed E-state index contributed by atoms with van der Waals surface area (Å²) in [4.78, 5) is 15.1. The van der Waals surface area contributed by atoms with Crippen molar-refractivity contribution >= 4 is 27.5 Å². The molecule has 1 heterocycles. The van der Waals surface area contributed by atoms with E-state index in [2.05, 4.69) is 15.0 Å². The molecule has 0 saturated heterocycles. The molecule has 0 saturated carbocycles. The largest absolute Gasteiger partial charge is 0.484 e. The van der Waals surface area contributed by atoms with Crippen LogP contribution in [0.4, 0.5) is 5.69 Å². The van der Waals surface area contributed by atoms with Gasteiger partial charge in [-0.1, -0.05) is 24.3 Å². The van der Waals surface area contributed by atoms with E-state index in [9.17, 15) is 13.2 Å². The summed E-state index contributed by atoms with van der Waals surface area (Å²) in [6, 6.07) is 15.1. The van der Waals surface area contributed by atoms with Crippen LogP contribution in [0.25, 0.3) is 0 Å². The summed E-state index contributed by atoms with van der Waals surface area (Å²) in [5, 5.41) is 2.64. The first-order chi connectivity index (χ1) is 12.5. The van der Waals surface area contributed by atoms with Crippen LogP contribution in [0, 0.1) is 0 Å². The Bertz CT molecular complexity index is 911. The van der Waals surface area contributed by atoms with Gasteiger partial charge >= 0.3 is 10.0 Å². The molecule has 26 heavy (non-hydrogen) atoms. The van der Waals surface area contributed by atoms with Crippen LogP contribution in [-0.2, 0) is 14.8 Å². The van der Waals surface area contributed by atoms with E-state index in [0.717, 1.165) is 13.0 Å². The van der Waals surface area contributed by atoms with Crippen LogP contribution in [0.2, 0.25) is 0 Å². The second-order valence-electron chi connectivity index (χ2n) is 5.79. The third-order valence-electron chi connectivity index (χ3n) is 3.74. The highest BCUT2D eigenvalue weighted by molar-refractivity contribution is 7.90. The average molecular weight is 374 g/mol. The van der Waals surface area contributed by atoms with E-state index < -0.39 is 10.0 Å². The summed E-state index contributed by atoms with van der Waals surface area (Å²) in [5.41, 5.74) is 0.388. The van der Waals surface area contributed by atoms with Crippen molar-refractivity contribution in [1.82, 2.24) is 4.72 Å². The molecule has 7 nitrogen and oxygen atoms in total. The molecule has 3 rings (SSSR count). The van der Waals surface area contributed by atoms with Crippen molar-refractivity contribution in [2.75, 3.05) is 18.5 Å². The lowest BCUT2D eigenvalue weighted by Crippen LogP contribution is -2.72. The van der Waals surface area contributed by atoms with Crippen molar-refractivity contribution in [3.63, 3.8) is 0 Å². The van der Waals surface area contributed by atoms with E-state index in [-0.39, 0.29) is 17.4 Å². The zero-order chi connectivity index (χ0) is 18.4. The number of hydrogen-bond donors (Lipinski definition) is 3. The Hall–Kier alpha value is -2.87. The smallest absolute Gasteiger partial charge is 0.328 e. The normalized spacial score (nSPS) is 13.8. The fraction of sp³-hybridized carbons (Fsp3) is 0.222. The van der Waals surface area contributed by atoms with E-state index >= 15 is 0 Å². The van der Waals surface area contributed by atoms with Crippen LogP contribution in [0.3, 0.4) is 0 Å². The Kier molecular flexibility index (Phi) is 5.52. The quantitative estimate of drug-likeness (QED) is 0.675. The van der Waals surface area contributed by atoms with Gasteiger partial charge in [0.15, 0.2) is 6.61 Å². The van der Waals surface area contributed by atoms with Crippen LogP contribution in [0.5, 0.6) is 5.75 Å². The van der Waals surface area contributed by atoms with Gasteiger partial charge in [0.1, 0.15) is 10.6 Å². The lowest BCUT2D eigenvalue weighted by Gasteiger charge is -2.08. The lowest BCUT2D eigenvalue weighted by molar-refractivity contribution is -0.448. The Balaban J connectivity index is 1.62. The topological polar surface area (TPSA) is 98.5 Å². The number of carbonyl (C=O) groups excluding carboxylic acids is 1. The van der Waals surface area contributed by atoms with E-state index in [1.807, 2.05) is 18.2 Å². The summed E-state index contributed by atoms with van der Waals surface area (Å²) in [7, 11) is -3.69. The van der Waals surface area contributed by atoms with Crippen LogP contribution in [0.1, 0.15) is 12.8 Å². The number of rotatable bonds is 6. The second kappa shape index (κ2) is 8.01. The molecule has 3 N–H and O–H groups in total. The molecule has 0 fully saturated rings. The first kappa shape index (κ1) is 17.9. The summed E-state index contributed by atoms with van der Waals surface area (Å²) >= 11 is 0. The maximum absolute atomic E-state index is 12.4. The van der Waals surface area contributed by atoms with Crippen LogP contribution in [-0.4, -0.2) is 33.3 Å². The predicted octanol–water partition coefficient (Wildman–Crippen LogP) is 0.255. The Labute approximate surface area is 152 Å². The van der Waals surface area contributed by atoms with E-state index in [1.54, 1.807) is 24.3 Å². The van der Waals surface area contributed by atoms with Crippen LogP contribution in [0.15, 0.2) is 59.5 Å². The van der Waals surface area contributed by atoms with Gasteiger partial charge < -0.3 is 10.1 Å². The van der Waals surface area contributed by atoms with Gasteiger partial charge in [-0.25, -0.2) is 0 Å². The molecule has 0 atom stereocenters. The van der Waals surface area contributed by atoms with Gasteiger partial charge in [-0.15, -0.1) is 0 Å². The van der Waals surface area contributed by atoms with E-state index in [4.69, 9.17) is 4.74 Å². The number of amidine groups is 1. The van der Waals surface area contributed by atoms with Crippen molar-refractivity contribution in [1.29, 1.82) is 0 Å². The van der Waals surface area contributed by atoms with Crippen molar-refractivity contribution in [3.8, 4) is 5.75 Å². The minimum absolute atomic E-state index is 0.0838. The molecular weight excluding hydrogens is 354 g/mol. The number of benzene rings is 2. The van der Waals surface area contributed by atoms with Gasteiger partial charge in [-0.05, 0) is 36.8 Å². The number of amides is 1. The van der Waals surface area contributed by atoms with Gasteiger partial charge in [0.2, 0.25) is 0 Å². The molecular formula is C18H20N3O4S+. The fourth-order valence-corrected chi connectivity index (χ4v) is 3.66. The summed E-state index contributed by atoms with van der Waals surface area (Å²) in [6.45, 7) is 0.594. The molecule has 0 radical (unpaired) electrons. The predicted molar refractivity (Wildman–Crippen MR) is 97.4 cm³/mol. The average Bonchev–Trinajstić information content (AvgIpc) is 3.13. The molecule has 8 heteroatoms. The van der Waals surface area contributed by atoms with Gasteiger partial charge in [0, 0.05) is 5.69 Å². The zero-order valence-corrected chi connectivity index (χ0v) is 14.9. The van der Waals surface area contributed by atoms with Crippen LogP contribution >= 0.6 is 0 Å². The van der Waals surface area contributed by atoms with Gasteiger partial charge in [-0.2, -0.15) is 13.1 Å². The Morgan fingerprint density at radius 3 is 2.65 bits per heavy atom. The van der Waals surface area contributed by atoms with Crippen molar-refractivity contribution in [3.05, 3.63) is 54.6 Å². The highest BCUT2D eigenvalue weighted by Gasteiger charge is 2.24. The molecule has 0 aliphatic carbocycles. The van der Waals surface area contributed by atoms with Crippen LogP contribution < -0.4 is 19.8 Å². The number of carbonyl (C=O) groups is 1. The zero-order valence-electron chi connectivity index (χ0n) is 14.1. The number of nitrogens with one attached hydrogen (secondary N) is 3. The molecule has 2 aromatic carbocycles. The third-order valence-corrected chi connectivity index (χ3v) is 5.13. The SMILES string of the molecule is O=C(COc1ccccc1)Nc1cccc(S(=O)(=O)NC2=[NH+]CCC2)c1. The molecule has 1 aliphatic rings. The Morgan fingerprint density at radius 1 is 1.12 bits per heavy atom. The highest BCUT2D eigenvalue weighted by atomic mass is 32.2. The van der Waals surface area contributed by atoms with E-state index in [1.165, 1.54) is 12.1 Å². The molecule has 0 unspecified atom stereocenters. The van der Waals surface area contributed by atoms with Crippen molar-refractivity contribution in [2.24, 2.45) is 0 Å². The number of sulfonamides is 1. The standard InChI is InChI=1S/C18H19N3O4S/c22-18(13-25-15-7-2-1-3-8-15)20-14-6-4-9-16(12-14)26(23,24)21-17-10-5-11-19-17/h1-4,6-9,12H,5,10-11,13H2,(H,19,21)(H,20,22)/p+1. The molecule has 2 aromatic rings. The number of para-hydroxylation sites is 1. The molecule has 136 valence electrons. The first-order valence-corrected chi connectivity index (χ1v) is 9.71. The fourth-order valence-electron chi connectivity index (χ4n) is 2.50. The maximum atomic E-state index is 12.4. The number of hydrogen-bond acceptors (Lipinski definition) is 4. The molecule has 1 amide bonds. The summed E-state index contributed by atoms with van der Waals surface area (Å²) in [5.74, 6) is 0.808. The molecule has 0 spiro atoms. The second-order valence-corrected chi connectivity index (χ2v) is 7.47. The van der Waals surface area contributed by atoms with E-state index in [0.29, 0.717) is 23.7 Å². The monoisotopic (exact) mass is 374 g/mol. The lowest BCUT2D eigenvalue weighted by atomic mass is 10.3. The Morgan fingerprint density at radius 2 is 1.92 bits per heavy atom. The number of anilines is 1. The van der Waals surface area contributed by atoms with Gasteiger partial charge in [0.05, 0.1) is 13.0 Å². The third kappa shape index (κ3) is 4.82. The van der Waals surface area contributed by atoms with Crippen molar-refractivity contribution in [2.45, 2.75) is 17.7 Å².